The third-order valence-corrected chi connectivity index (χ3v) is 3.36. The zero-order valence-electron chi connectivity index (χ0n) is 9.76. The van der Waals surface area contributed by atoms with Gasteiger partial charge in [-0.05, 0) is 25.7 Å². The minimum absolute atomic E-state index is 0.106. The van der Waals surface area contributed by atoms with E-state index in [1.165, 1.54) is 17.2 Å². The molecule has 0 heterocycles. The minimum Gasteiger partial charge on any atom is -0.454 e. The van der Waals surface area contributed by atoms with Crippen LogP contribution in [0.25, 0.3) is 0 Å². The molecule has 0 saturated heterocycles. The van der Waals surface area contributed by atoms with Crippen LogP contribution in [0.3, 0.4) is 0 Å². The van der Waals surface area contributed by atoms with Crippen LogP contribution in [-0.4, -0.2) is 12.6 Å². The van der Waals surface area contributed by atoms with Crippen molar-refractivity contribution in [1.29, 1.82) is 5.26 Å². The van der Waals surface area contributed by atoms with Gasteiger partial charge < -0.3 is 4.74 Å². The van der Waals surface area contributed by atoms with E-state index in [1.807, 2.05) is 0 Å². The van der Waals surface area contributed by atoms with Crippen molar-refractivity contribution < 1.29 is 9.53 Å². The van der Waals surface area contributed by atoms with Crippen molar-refractivity contribution in [3.8, 4) is 6.07 Å². The first kappa shape index (κ1) is 11.8. The van der Waals surface area contributed by atoms with Crippen LogP contribution in [0, 0.1) is 22.7 Å². The Hall–Kier alpha value is -1.30. The Labute approximate surface area is 90.7 Å². The van der Waals surface area contributed by atoms with Gasteiger partial charge in [-0.1, -0.05) is 25.0 Å². The molecule has 0 N–H and O–H groups in total. The Morgan fingerprint density at radius 3 is 2.60 bits per heavy atom. The number of carbonyl (C=O) groups is 1. The van der Waals surface area contributed by atoms with E-state index in [0.717, 1.165) is 6.42 Å². The van der Waals surface area contributed by atoms with Crippen molar-refractivity contribution >= 4 is 5.97 Å². The van der Waals surface area contributed by atoms with Crippen molar-refractivity contribution in [2.75, 3.05) is 6.61 Å². The molecule has 1 atom stereocenters. The van der Waals surface area contributed by atoms with Gasteiger partial charge in [0.05, 0.1) is 6.61 Å². The summed E-state index contributed by atoms with van der Waals surface area (Å²) < 4.78 is 4.84. The second-order valence-corrected chi connectivity index (χ2v) is 4.81. The predicted molar refractivity (Wildman–Crippen MR) is 56.8 cm³/mol. The highest BCUT2D eigenvalue weighted by Crippen LogP contribution is 2.52. The molecule has 0 aliphatic heterocycles. The molecule has 1 aliphatic carbocycles. The second-order valence-electron chi connectivity index (χ2n) is 4.81. The first-order valence-corrected chi connectivity index (χ1v) is 5.13. The van der Waals surface area contributed by atoms with Crippen molar-refractivity contribution in [3.63, 3.8) is 0 Å². The Balaban J connectivity index is 2.54. The minimum atomic E-state index is -0.781. The van der Waals surface area contributed by atoms with Gasteiger partial charge in [0.1, 0.15) is 0 Å². The van der Waals surface area contributed by atoms with E-state index in [9.17, 15) is 4.79 Å². The van der Waals surface area contributed by atoms with Crippen LogP contribution >= 0.6 is 0 Å². The summed E-state index contributed by atoms with van der Waals surface area (Å²) >= 11 is 0. The number of esters is 1. The summed E-state index contributed by atoms with van der Waals surface area (Å²) in [4.78, 5) is 10.7. The summed E-state index contributed by atoms with van der Waals surface area (Å²) in [6, 6.07) is 1.46. The van der Waals surface area contributed by atoms with Crippen LogP contribution in [0.5, 0.6) is 0 Å². The quantitative estimate of drug-likeness (QED) is 0.397. The highest BCUT2D eigenvalue weighted by molar-refractivity contribution is 5.85. The fraction of sp³-hybridized carbons (Fsp3) is 0.667. The zero-order valence-corrected chi connectivity index (χ0v) is 9.76. The van der Waals surface area contributed by atoms with Gasteiger partial charge in [-0.2, -0.15) is 5.26 Å². The monoisotopic (exact) mass is 207 g/mol. The number of hydrogen-bond donors (Lipinski definition) is 0. The number of nitrogens with zero attached hydrogens (tertiary/aromatic N) is 1. The molecule has 3 heteroatoms. The maximum absolute atomic E-state index is 10.7. The Morgan fingerprint density at radius 2 is 2.20 bits per heavy atom. The van der Waals surface area contributed by atoms with Gasteiger partial charge in [0.15, 0.2) is 6.07 Å². The van der Waals surface area contributed by atoms with Gasteiger partial charge in [-0.25, -0.2) is 4.79 Å². The third kappa shape index (κ3) is 2.20. The molecule has 1 unspecified atom stereocenters. The van der Waals surface area contributed by atoms with Crippen molar-refractivity contribution in [1.82, 2.24) is 0 Å². The maximum atomic E-state index is 10.7. The summed E-state index contributed by atoms with van der Waals surface area (Å²) in [7, 11) is 0. The van der Waals surface area contributed by atoms with Crippen LogP contribution in [0.4, 0.5) is 0 Å². The SMILES string of the molecule is CC(C)=C1CC(COC(=O)C#N)C1(C)C. The van der Waals surface area contributed by atoms with Crippen LogP contribution in [0.2, 0.25) is 0 Å². The molecule has 15 heavy (non-hydrogen) atoms. The lowest BCUT2D eigenvalue weighted by Gasteiger charge is -2.48. The van der Waals surface area contributed by atoms with E-state index in [4.69, 9.17) is 10.00 Å². The van der Waals surface area contributed by atoms with E-state index in [2.05, 4.69) is 27.7 Å². The molecule has 1 aliphatic rings. The van der Waals surface area contributed by atoms with Crippen molar-refractivity contribution in [3.05, 3.63) is 11.1 Å². The van der Waals surface area contributed by atoms with Gasteiger partial charge in [0.2, 0.25) is 0 Å². The fourth-order valence-corrected chi connectivity index (χ4v) is 2.20. The molecule has 1 saturated carbocycles. The van der Waals surface area contributed by atoms with Gasteiger partial charge in [-0.15, -0.1) is 0 Å². The summed E-state index contributed by atoms with van der Waals surface area (Å²) in [6.07, 6.45) is 0.980. The van der Waals surface area contributed by atoms with Gasteiger partial charge in [-0.3, -0.25) is 0 Å². The maximum Gasteiger partial charge on any atom is 0.411 e. The third-order valence-electron chi connectivity index (χ3n) is 3.36. The topological polar surface area (TPSA) is 50.1 Å². The summed E-state index contributed by atoms with van der Waals surface area (Å²) in [5.41, 5.74) is 2.90. The molecule has 0 radical (unpaired) electrons. The summed E-state index contributed by atoms with van der Waals surface area (Å²) in [6.45, 7) is 8.88. The largest absolute Gasteiger partial charge is 0.454 e. The number of nitriles is 1. The number of ether oxygens (including phenoxy) is 1. The van der Waals surface area contributed by atoms with Crippen LogP contribution in [-0.2, 0) is 9.53 Å². The van der Waals surface area contributed by atoms with Gasteiger partial charge in [0, 0.05) is 5.92 Å². The molecule has 3 nitrogen and oxygen atoms in total. The molecule has 0 aromatic rings. The van der Waals surface area contributed by atoms with Crippen LogP contribution in [0.15, 0.2) is 11.1 Å². The molecule has 1 fully saturated rings. The van der Waals surface area contributed by atoms with Gasteiger partial charge >= 0.3 is 5.97 Å². The molecule has 0 amide bonds. The highest BCUT2D eigenvalue weighted by atomic mass is 16.5. The first-order valence-electron chi connectivity index (χ1n) is 5.13. The van der Waals surface area contributed by atoms with Crippen LogP contribution < -0.4 is 0 Å². The fourth-order valence-electron chi connectivity index (χ4n) is 2.20. The first-order chi connectivity index (χ1) is 6.89. The molecular formula is C12H17NO2. The van der Waals surface area contributed by atoms with Crippen LogP contribution in [0.1, 0.15) is 34.1 Å². The number of rotatable bonds is 2. The summed E-state index contributed by atoms with van der Waals surface area (Å²) in [5.74, 6) is -0.434. The van der Waals surface area contributed by atoms with E-state index < -0.39 is 5.97 Å². The van der Waals surface area contributed by atoms with E-state index in [-0.39, 0.29) is 5.41 Å². The Morgan fingerprint density at radius 1 is 1.60 bits per heavy atom. The van der Waals surface area contributed by atoms with Crippen molar-refractivity contribution in [2.45, 2.75) is 34.1 Å². The molecule has 1 rings (SSSR count). The predicted octanol–water partition coefficient (Wildman–Crippen LogP) is 2.44. The molecule has 0 aromatic heterocycles. The Bertz CT molecular complexity index is 343. The molecule has 0 aromatic carbocycles. The van der Waals surface area contributed by atoms with Gasteiger partial charge in [0.25, 0.3) is 0 Å². The standard InChI is InChI=1S/C12H17NO2/c1-8(2)10-5-9(12(10,3)4)7-15-11(14)6-13/h9H,5,7H2,1-4H3. The smallest absolute Gasteiger partial charge is 0.411 e. The molecular weight excluding hydrogens is 190 g/mol. The average Bonchev–Trinajstić information content (AvgIpc) is 2.15. The lowest BCUT2D eigenvalue weighted by Crippen LogP contribution is -2.41. The number of hydrogen-bond acceptors (Lipinski definition) is 3. The number of allylic oxidation sites excluding steroid dienone is 2. The number of carbonyl (C=O) groups excluding carboxylic acids is 1. The molecule has 82 valence electrons. The van der Waals surface area contributed by atoms with E-state index in [1.54, 1.807) is 0 Å². The highest BCUT2D eigenvalue weighted by Gasteiger charge is 2.44. The van der Waals surface area contributed by atoms with E-state index in [0.29, 0.717) is 12.5 Å². The second kappa shape index (κ2) is 4.06. The zero-order chi connectivity index (χ0) is 11.6. The Kier molecular flexibility index (Phi) is 3.18. The van der Waals surface area contributed by atoms with E-state index >= 15 is 0 Å². The molecule has 0 bridgehead atoms. The lowest BCUT2D eigenvalue weighted by molar-refractivity contribution is -0.140. The normalized spacial score (nSPS) is 22.6. The average molecular weight is 207 g/mol. The summed E-state index contributed by atoms with van der Waals surface area (Å²) in [5, 5.41) is 8.27. The lowest BCUT2D eigenvalue weighted by atomic mass is 9.58. The van der Waals surface area contributed by atoms with Crippen molar-refractivity contribution in [2.24, 2.45) is 11.3 Å². The molecule has 0 spiro atoms.